The lowest BCUT2D eigenvalue weighted by atomic mass is 9.76. The van der Waals surface area contributed by atoms with Crippen LogP contribution in [0.5, 0.6) is 23.0 Å². The van der Waals surface area contributed by atoms with Crippen LogP contribution in [0.2, 0.25) is 0 Å². The lowest BCUT2D eigenvalue weighted by molar-refractivity contribution is 0.0177. The summed E-state index contributed by atoms with van der Waals surface area (Å²) in [5.74, 6) is 5.03. The highest BCUT2D eigenvalue weighted by atomic mass is 79.9. The van der Waals surface area contributed by atoms with Crippen LogP contribution in [0.1, 0.15) is 142 Å². The highest BCUT2D eigenvalue weighted by Crippen LogP contribution is 2.52. The molecular weight excluding hydrogens is 1530 g/mol. The number of rotatable bonds is 25. The monoisotopic (exact) mass is 1650 g/mol. The number of nitrogens with one attached hydrogen (secondary N) is 1. The summed E-state index contributed by atoms with van der Waals surface area (Å²) in [6.45, 7) is 26.0. The lowest BCUT2D eigenvalue weighted by Crippen LogP contribution is -2.42. The predicted octanol–water partition coefficient (Wildman–Crippen LogP) is 19.5. The molecule has 0 unspecified atom stereocenters. The Morgan fingerprint density at radius 1 is 0.504 bits per heavy atom. The van der Waals surface area contributed by atoms with E-state index in [1.54, 1.807) is 28.4 Å². The number of ether oxygens (including phenoxy) is 7. The van der Waals surface area contributed by atoms with Crippen LogP contribution in [0.25, 0.3) is 0 Å². The second-order valence-electron chi connectivity index (χ2n) is 32.6. The number of halogens is 1. The van der Waals surface area contributed by atoms with Crippen molar-refractivity contribution >= 4 is 81.5 Å². The van der Waals surface area contributed by atoms with Gasteiger partial charge in [-0.05, 0) is 201 Å². The first kappa shape index (κ1) is 85.4. The molecule has 0 spiro atoms. The van der Waals surface area contributed by atoms with Crippen molar-refractivity contribution in [2.75, 3.05) is 70.6 Å². The SMILES string of the molecule is CC(C)(C)OC(=O)N1CCC[C@H]1COc1cncc(Br)c1.CC(C)(C)OC(=O)N1CCC[C@H]1COc1cncc(N2CC[C@H](CCCOCc3ccccc3)C2)c1.CC1(C)c2cccc(P(c3ccccc3)c3ccccc3)c2Oc2c(P(c3ccccc3)c3ccccc3)cccc21.c1ccc(COCCC[C@H]2CCNC2)cc1. The first-order valence-corrected chi connectivity index (χ1v) is 44.5. The zero-order valence-electron chi connectivity index (χ0n) is 68.3. The molecule has 4 saturated heterocycles. The summed E-state index contributed by atoms with van der Waals surface area (Å²) >= 11 is 3.36. The molecule has 5 aliphatic heterocycles. The Bertz CT molecular complexity index is 4400. The molecule has 0 aliphatic carbocycles. The van der Waals surface area contributed by atoms with Crippen molar-refractivity contribution in [3.8, 4) is 23.0 Å². The second kappa shape index (κ2) is 42.2. The maximum absolute atomic E-state index is 12.5. The molecule has 8 aromatic carbocycles. The molecule has 18 heteroatoms. The maximum Gasteiger partial charge on any atom is 0.410 e. The van der Waals surface area contributed by atoms with E-state index in [1.165, 1.54) is 99.3 Å². The molecule has 0 bridgehead atoms. The quantitative estimate of drug-likeness (QED) is 0.0428. The van der Waals surface area contributed by atoms with E-state index in [0.717, 1.165) is 105 Å². The number of hydrogen-bond donors (Lipinski definition) is 1. The van der Waals surface area contributed by atoms with Gasteiger partial charge in [-0.15, -0.1) is 0 Å². The Morgan fingerprint density at radius 3 is 1.36 bits per heavy atom. The number of para-hydroxylation sites is 2. The van der Waals surface area contributed by atoms with Crippen LogP contribution >= 0.6 is 31.8 Å². The molecule has 7 heterocycles. The topological polar surface area (TPSA) is 146 Å². The smallest absolute Gasteiger partial charge is 0.410 e. The number of nitrogens with zero attached hydrogens (tertiary/aromatic N) is 5. The first-order chi connectivity index (χ1) is 55.8. The van der Waals surface area contributed by atoms with Crippen LogP contribution in [0.3, 0.4) is 0 Å². The molecule has 5 aliphatic rings. The molecule has 2 amide bonds. The number of benzene rings is 8. The van der Waals surface area contributed by atoms with Crippen molar-refractivity contribution in [1.29, 1.82) is 0 Å². The van der Waals surface area contributed by atoms with Crippen LogP contribution in [0, 0.1) is 11.8 Å². The molecule has 0 saturated carbocycles. The van der Waals surface area contributed by atoms with Gasteiger partial charge in [0.05, 0.1) is 49.6 Å². The van der Waals surface area contributed by atoms with Gasteiger partial charge in [0.1, 0.15) is 47.4 Å². The molecule has 0 radical (unpaired) electrons. The van der Waals surface area contributed by atoms with Crippen LogP contribution in [0.4, 0.5) is 15.3 Å². The minimum Gasteiger partial charge on any atom is -0.490 e. The number of hydrogen-bond acceptors (Lipinski definition) is 13. The number of pyridine rings is 2. The maximum atomic E-state index is 12.5. The van der Waals surface area contributed by atoms with E-state index in [2.05, 4.69) is 250 Å². The summed E-state index contributed by atoms with van der Waals surface area (Å²) in [5, 5.41) is 11.2. The number of carbonyl (C=O) groups excluding carboxylic acids is 2. The third-order valence-electron chi connectivity index (χ3n) is 21.2. The van der Waals surface area contributed by atoms with E-state index in [9.17, 15) is 9.59 Å². The van der Waals surface area contributed by atoms with Gasteiger partial charge in [-0.3, -0.25) is 9.97 Å². The summed E-state index contributed by atoms with van der Waals surface area (Å²) < 4.78 is 42.5. The Balaban J connectivity index is 0.000000151. The van der Waals surface area contributed by atoms with Crippen LogP contribution < -0.4 is 56.3 Å². The Morgan fingerprint density at radius 2 is 0.930 bits per heavy atom. The fraction of sp³-hybridized carbons (Fsp3) is 0.381. The van der Waals surface area contributed by atoms with Crippen molar-refractivity contribution in [3.63, 3.8) is 0 Å². The summed E-state index contributed by atoms with van der Waals surface area (Å²) in [5.41, 5.74) is 4.89. The van der Waals surface area contributed by atoms with E-state index >= 15 is 0 Å². The van der Waals surface area contributed by atoms with Gasteiger partial charge in [-0.2, -0.15) is 0 Å². The number of anilines is 1. The average molecular weight is 1650 g/mol. The largest absolute Gasteiger partial charge is 0.490 e. The van der Waals surface area contributed by atoms with Gasteiger partial charge in [0.15, 0.2) is 0 Å². The number of amides is 2. The summed E-state index contributed by atoms with van der Waals surface area (Å²) in [6, 6.07) is 81.9. The average Bonchev–Trinajstić information content (AvgIpc) is 0.832. The third kappa shape index (κ3) is 25.0. The summed E-state index contributed by atoms with van der Waals surface area (Å²) in [7, 11) is -1.65. The molecule has 15 nitrogen and oxygen atoms in total. The van der Waals surface area contributed by atoms with E-state index in [0.29, 0.717) is 38.0 Å². The van der Waals surface area contributed by atoms with Gasteiger partial charge in [-0.25, -0.2) is 9.59 Å². The molecular formula is C97H115BrN6O9P2. The lowest BCUT2D eigenvalue weighted by Gasteiger charge is -2.38. The molecule has 10 aromatic rings. The summed E-state index contributed by atoms with van der Waals surface area (Å²) in [6.07, 6.45) is 17.6. The van der Waals surface area contributed by atoms with Crippen molar-refractivity contribution < 1.29 is 42.7 Å². The molecule has 604 valence electrons. The van der Waals surface area contributed by atoms with Crippen molar-refractivity contribution in [1.82, 2.24) is 25.1 Å². The standard InChI is InChI=1S/C39H32OP2.C29H41N3O4.C15H21BrN2O3.C14H21NO/c1-39(2)33-25-15-27-35(41(29-17-7-3-8-18-29)30-19-9-4-10-20-30)37(33)40-38-34(39)26-16-28-36(38)42(31-21-11-5-12-22-31)32-23-13-6-14-24-32;1-29(2,3)36-28(33)32-14-7-12-25(32)22-35-27-17-26(18-30-19-27)31-15-13-23(20-31)11-8-16-34-21-24-9-5-4-6-10-24;1-15(2,3)21-14(19)18-6-4-5-12(18)10-20-13-7-11(16)8-17-9-13;1-2-5-14(6-3-1)12-16-10-4-7-13-8-9-15-11-13/h3-28H,1-2H3;4-6,9-10,17-19,23,25H,7-8,11-16,20-22H2,1-3H3;7-9,12H,4-6,10H2,1-3H3;1-3,5-6,13,15H,4,7-12H2/t;23-,25-;12-;13-/m.000/s1. The van der Waals surface area contributed by atoms with E-state index in [-0.39, 0.29) is 29.7 Å². The van der Waals surface area contributed by atoms with Gasteiger partial charge in [0, 0.05) is 83.3 Å². The zero-order valence-corrected chi connectivity index (χ0v) is 71.7. The predicted molar refractivity (Wildman–Crippen MR) is 474 cm³/mol. The highest BCUT2D eigenvalue weighted by Gasteiger charge is 2.40. The fourth-order valence-electron chi connectivity index (χ4n) is 15.4. The molecule has 15 rings (SSSR count). The number of likely N-dealkylation sites (tertiary alicyclic amines) is 2. The fourth-order valence-corrected chi connectivity index (χ4v) is 20.5. The number of carbonyl (C=O) groups is 2. The van der Waals surface area contributed by atoms with E-state index in [1.807, 2.05) is 78.1 Å². The van der Waals surface area contributed by atoms with E-state index < -0.39 is 27.0 Å². The van der Waals surface area contributed by atoms with Gasteiger partial charge < -0.3 is 53.2 Å². The third-order valence-corrected chi connectivity index (χ3v) is 26.6. The number of aromatic nitrogens is 2. The molecule has 1 N–H and O–H groups in total. The minimum atomic E-state index is -0.824. The Hall–Kier alpha value is -8.98. The molecule has 4 fully saturated rings. The van der Waals surface area contributed by atoms with Gasteiger partial charge in [0.2, 0.25) is 0 Å². The first-order valence-electron chi connectivity index (χ1n) is 41.0. The number of fused-ring (bicyclic) bond motifs is 2. The Labute approximate surface area is 693 Å². The van der Waals surface area contributed by atoms with Crippen molar-refractivity contribution in [3.05, 3.63) is 282 Å². The van der Waals surface area contributed by atoms with Crippen LogP contribution in [0.15, 0.2) is 260 Å². The van der Waals surface area contributed by atoms with Crippen molar-refractivity contribution in [2.24, 2.45) is 11.8 Å². The highest BCUT2D eigenvalue weighted by molar-refractivity contribution is 9.10. The minimum absolute atomic E-state index is 0.0313. The zero-order chi connectivity index (χ0) is 80.4. The van der Waals surface area contributed by atoms with Crippen LogP contribution in [-0.2, 0) is 37.6 Å². The Kier molecular flexibility index (Phi) is 31.4. The van der Waals surface area contributed by atoms with Crippen molar-refractivity contribution in [2.45, 2.75) is 162 Å². The van der Waals surface area contributed by atoms with Gasteiger partial charge in [-0.1, -0.05) is 232 Å². The second-order valence-corrected chi connectivity index (χ2v) is 37.9. The van der Waals surface area contributed by atoms with Crippen LogP contribution in [-0.4, -0.2) is 121 Å². The summed E-state index contributed by atoms with van der Waals surface area (Å²) in [4.78, 5) is 39.1. The molecule has 115 heavy (non-hydrogen) atoms. The molecule has 4 atom stereocenters. The van der Waals surface area contributed by atoms with E-state index in [4.69, 9.17) is 33.2 Å². The van der Waals surface area contributed by atoms with Gasteiger partial charge in [0.25, 0.3) is 0 Å². The molecule has 2 aromatic heterocycles. The van der Waals surface area contributed by atoms with Gasteiger partial charge >= 0.3 is 12.2 Å². The normalized spacial score (nSPS) is 17.4.